The lowest BCUT2D eigenvalue weighted by molar-refractivity contribution is 0.659. The van der Waals surface area contributed by atoms with E-state index in [1.165, 1.54) is 78.2 Å². The predicted molar refractivity (Wildman–Crippen MR) is 276 cm³/mol. The quantitative estimate of drug-likeness (QED) is 0.135. The van der Waals surface area contributed by atoms with E-state index in [1.54, 1.807) is 0 Å². The van der Waals surface area contributed by atoms with Crippen LogP contribution in [0.3, 0.4) is 0 Å². The Balaban J connectivity index is 1.07. The number of fused-ring (bicyclic) bond motifs is 3. The highest BCUT2D eigenvalue weighted by molar-refractivity contribution is 5.94. The Kier molecular flexibility index (Phi) is 10.6. The van der Waals surface area contributed by atoms with Crippen LogP contribution in [0.2, 0.25) is 0 Å². The Morgan fingerprint density at radius 3 is 1.65 bits per heavy atom. The van der Waals surface area contributed by atoms with Gasteiger partial charge >= 0.3 is 0 Å². The third-order valence-corrected chi connectivity index (χ3v) is 13.6. The van der Waals surface area contributed by atoms with Crippen LogP contribution in [-0.2, 0) is 5.41 Å². The van der Waals surface area contributed by atoms with Gasteiger partial charge in [-0.05, 0) is 141 Å². The molecule has 0 saturated carbocycles. The summed E-state index contributed by atoms with van der Waals surface area (Å²) in [5.41, 5.74) is 21.0. The lowest BCUT2D eigenvalue weighted by atomic mass is 9.81. The van der Waals surface area contributed by atoms with Crippen LogP contribution in [0.4, 0.5) is 28.4 Å². The summed E-state index contributed by atoms with van der Waals surface area (Å²) in [6.07, 6.45) is 15.2. The number of nitrogens with zero attached hydrogens (tertiary/aromatic N) is 2. The van der Waals surface area contributed by atoms with Crippen molar-refractivity contribution in [2.45, 2.75) is 44.6 Å². The Bertz CT molecular complexity index is 3080. The van der Waals surface area contributed by atoms with Crippen LogP contribution in [0.25, 0.3) is 39.0 Å². The normalized spacial score (nSPS) is 15.8. The molecule has 0 saturated heterocycles. The van der Waals surface area contributed by atoms with E-state index < -0.39 is 0 Å². The summed E-state index contributed by atoms with van der Waals surface area (Å²) in [4.78, 5) is 4.96. The van der Waals surface area contributed by atoms with Gasteiger partial charge in [0.15, 0.2) is 0 Å². The highest BCUT2D eigenvalue weighted by Crippen LogP contribution is 2.53. The van der Waals surface area contributed by atoms with E-state index in [0.29, 0.717) is 0 Å². The molecule has 0 spiro atoms. The van der Waals surface area contributed by atoms with E-state index in [-0.39, 0.29) is 11.5 Å². The molecular weight excluding hydrogens is 785 g/mol. The van der Waals surface area contributed by atoms with Crippen molar-refractivity contribution in [1.29, 1.82) is 0 Å². The largest absolute Gasteiger partial charge is 0.334 e. The molecule has 314 valence electrons. The summed E-state index contributed by atoms with van der Waals surface area (Å²) in [5, 5.41) is 0. The summed E-state index contributed by atoms with van der Waals surface area (Å²) in [5.74, 6) is 0. The van der Waals surface area contributed by atoms with Gasteiger partial charge in [-0.2, -0.15) is 0 Å². The average Bonchev–Trinajstić information content (AvgIpc) is 3.60. The van der Waals surface area contributed by atoms with E-state index in [4.69, 9.17) is 0 Å². The molecule has 3 aliphatic rings. The smallest absolute Gasteiger partial charge is 0.0560 e. The second-order valence-electron chi connectivity index (χ2n) is 17.9. The van der Waals surface area contributed by atoms with Crippen molar-refractivity contribution in [3.63, 3.8) is 0 Å². The molecule has 3 aliphatic carbocycles. The van der Waals surface area contributed by atoms with Crippen molar-refractivity contribution in [3.8, 4) is 33.4 Å². The van der Waals surface area contributed by atoms with Gasteiger partial charge in [-0.15, -0.1) is 0 Å². The van der Waals surface area contributed by atoms with Gasteiger partial charge in [-0.1, -0.05) is 190 Å². The Labute approximate surface area is 384 Å². The number of benzene rings is 8. The van der Waals surface area contributed by atoms with Crippen LogP contribution >= 0.6 is 0 Å². The molecule has 11 rings (SSSR count). The summed E-state index contributed by atoms with van der Waals surface area (Å²) in [6.45, 7) is 4.78. The zero-order valence-electron chi connectivity index (χ0n) is 37.1. The van der Waals surface area contributed by atoms with Crippen molar-refractivity contribution in [2.75, 3.05) is 9.80 Å². The Morgan fingerprint density at radius 2 is 0.985 bits per heavy atom. The number of anilines is 5. The zero-order valence-corrected chi connectivity index (χ0v) is 37.1. The molecule has 0 heterocycles. The van der Waals surface area contributed by atoms with Gasteiger partial charge < -0.3 is 9.80 Å². The molecule has 1 atom stereocenters. The van der Waals surface area contributed by atoms with Gasteiger partial charge in [0.1, 0.15) is 0 Å². The standard InChI is InChI=1S/C63H52N2/c1-63(2)60-33-18-17-32-57(60)59-43-58(48-36-38-52(39-37-48)64(50-25-11-5-12-26-50)51-27-13-6-14-28-51)62(44-61(59)63)65(54-29-19-24-49(42-54)45-20-7-3-8-21-45)53-40-34-47(35-41-53)56-31-16-15-30-55(56)46-22-9-4-10-23-46/h3-14,17-40,42-44,53H,15-16,41H2,1-2H3. The molecule has 2 nitrogen and oxygen atoms in total. The summed E-state index contributed by atoms with van der Waals surface area (Å²) >= 11 is 0. The first kappa shape index (κ1) is 40.1. The van der Waals surface area contributed by atoms with Crippen molar-refractivity contribution in [2.24, 2.45) is 0 Å². The van der Waals surface area contributed by atoms with E-state index in [1.807, 2.05) is 0 Å². The molecule has 8 aromatic carbocycles. The predicted octanol–water partition coefficient (Wildman–Crippen LogP) is 17.0. The van der Waals surface area contributed by atoms with Crippen LogP contribution in [0, 0.1) is 0 Å². The lowest BCUT2D eigenvalue weighted by Gasteiger charge is -2.36. The summed E-state index contributed by atoms with van der Waals surface area (Å²) in [6, 6.07) is 75.5. The minimum Gasteiger partial charge on any atom is -0.334 e. The molecule has 65 heavy (non-hydrogen) atoms. The van der Waals surface area contributed by atoms with E-state index in [0.717, 1.165) is 36.3 Å². The number of para-hydroxylation sites is 2. The summed E-state index contributed by atoms with van der Waals surface area (Å²) in [7, 11) is 0. The highest BCUT2D eigenvalue weighted by atomic mass is 15.2. The van der Waals surface area contributed by atoms with Gasteiger partial charge in [0, 0.05) is 39.4 Å². The molecule has 0 amide bonds. The molecular formula is C63H52N2. The topological polar surface area (TPSA) is 6.48 Å². The minimum atomic E-state index is -0.171. The Morgan fingerprint density at radius 1 is 0.415 bits per heavy atom. The molecule has 0 fully saturated rings. The van der Waals surface area contributed by atoms with Crippen molar-refractivity contribution in [3.05, 3.63) is 264 Å². The molecule has 0 aromatic heterocycles. The molecule has 0 aliphatic heterocycles. The fraction of sp³-hybridized carbons (Fsp3) is 0.111. The third kappa shape index (κ3) is 7.55. The van der Waals surface area contributed by atoms with E-state index >= 15 is 0 Å². The third-order valence-electron chi connectivity index (χ3n) is 13.6. The van der Waals surface area contributed by atoms with Crippen LogP contribution in [0.1, 0.15) is 49.8 Å². The first-order valence-electron chi connectivity index (χ1n) is 23.1. The number of hydrogen-bond acceptors (Lipinski definition) is 2. The first-order chi connectivity index (χ1) is 32.0. The molecule has 2 heteroatoms. The number of hydrogen-bond donors (Lipinski definition) is 0. The van der Waals surface area contributed by atoms with Crippen molar-refractivity contribution < 1.29 is 0 Å². The van der Waals surface area contributed by atoms with Crippen LogP contribution in [0.15, 0.2) is 248 Å². The number of rotatable bonds is 10. The van der Waals surface area contributed by atoms with Gasteiger partial charge in [0.2, 0.25) is 0 Å². The van der Waals surface area contributed by atoms with Crippen molar-refractivity contribution in [1.82, 2.24) is 0 Å². The van der Waals surface area contributed by atoms with Crippen molar-refractivity contribution >= 4 is 34.0 Å². The van der Waals surface area contributed by atoms with Gasteiger partial charge in [-0.25, -0.2) is 0 Å². The van der Waals surface area contributed by atoms with Crippen LogP contribution in [-0.4, -0.2) is 6.04 Å². The second kappa shape index (κ2) is 17.1. The molecule has 0 bridgehead atoms. The molecule has 0 N–H and O–H groups in total. The van der Waals surface area contributed by atoms with E-state index in [2.05, 4.69) is 260 Å². The fourth-order valence-electron chi connectivity index (χ4n) is 10.4. The summed E-state index contributed by atoms with van der Waals surface area (Å²) < 4.78 is 0. The average molecular weight is 837 g/mol. The SMILES string of the molecule is CC1(C)c2ccccc2-c2cc(-c3ccc(N(c4ccccc4)c4ccccc4)cc3)c(N(c3cccc(-c4ccccc4)c3)C3C=CC(C4=CCCC=C4c4ccccc4)=CC3)cc21. The fourth-order valence-corrected chi connectivity index (χ4v) is 10.4. The maximum absolute atomic E-state index is 2.63. The number of allylic oxidation sites excluding steroid dienone is 6. The highest BCUT2D eigenvalue weighted by Gasteiger charge is 2.37. The maximum Gasteiger partial charge on any atom is 0.0560 e. The van der Waals surface area contributed by atoms with E-state index in [9.17, 15) is 0 Å². The first-order valence-corrected chi connectivity index (χ1v) is 23.1. The maximum atomic E-state index is 2.63. The van der Waals surface area contributed by atoms with Crippen LogP contribution < -0.4 is 9.80 Å². The molecule has 1 unspecified atom stereocenters. The monoisotopic (exact) mass is 836 g/mol. The van der Waals surface area contributed by atoms with Gasteiger partial charge in [-0.3, -0.25) is 0 Å². The zero-order chi connectivity index (χ0) is 43.7. The molecule has 0 radical (unpaired) electrons. The molecule has 8 aromatic rings. The van der Waals surface area contributed by atoms with Crippen LogP contribution in [0.5, 0.6) is 0 Å². The van der Waals surface area contributed by atoms with Gasteiger partial charge in [0.05, 0.1) is 6.04 Å². The minimum absolute atomic E-state index is 0.0627. The van der Waals surface area contributed by atoms with Gasteiger partial charge in [0.25, 0.3) is 0 Å². The second-order valence-corrected chi connectivity index (χ2v) is 17.9. The Hall–Kier alpha value is -7.68. The lowest BCUT2D eigenvalue weighted by Crippen LogP contribution is -2.31.